The van der Waals surface area contributed by atoms with Crippen LogP contribution in [-0.4, -0.2) is 6.61 Å². The van der Waals surface area contributed by atoms with E-state index in [2.05, 4.69) is 12.6 Å². The molecule has 0 amide bonds. The van der Waals surface area contributed by atoms with Crippen molar-refractivity contribution >= 4 is 11.6 Å². The molecule has 0 aliphatic carbocycles. The Hall–Kier alpha value is -2.79. The molecule has 0 aromatic heterocycles. The summed E-state index contributed by atoms with van der Waals surface area (Å²) in [6.45, 7) is 6.13. The van der Waals surface area contributed by atoms with Crippen LogP contribution in [0.2, 0.25) is 0 Å². The van der Waals surface area contributed by atoms with Gasteiger partial charge in [-0.1, -0.05) is 54.6 Å². The molecule has 0 fully saturated rings. The second kappa shape index (κ2) is 7.12. The van der Waals surface area contributed by atoms with Crippen LogP contribution in [0.5, 0.6) is 5.75 Å². The molecule has 2 heteroatoms. The van der Waals surface area contributed by atoms with E-state index in [1.54, 1.807) is 6.08 Å². The topological polar surface area (TPSA) is 33.0 Å². The minimum Gasteiger partial charge on any atom is -0.490 e. The van der Waals surface area contributed by atoms with Gasteiger partial charge < -0.3 is 4.74 Å². The predicted molar refractivity (Wildman–Crippen MR) is 86.8 cm³/mol. The smallest absolute Gasteiger partial charge is 0.119 e. The molecule has 2 aromatic carbocycles. The normalized spacial score (nSPS) is 10.8. The summed E-state index contributed by atoms with van der Waals surface area (Å²) in [5.74, 6) is 0.792. The van der Waals surface area contributed by atoms with Crippen molar-refractivity contribution in [2.75, 3.05) is 6.61 Å². The van der Waals surface area contributed by atoms with E-state index in [9.17, 15) is 5.26 Å². The third kappa shape index (κ3) is 4.09. The molecular formula is C19H17NO. The first-order valence-electron chi connectivity index (χ1n) is 6.75. The van der Waals surface area contributed by atoms with E-state index < -0.39 is 0 Å². The SMILES string of the molecule is C=CCOc1ccc(/C=C(/C#N)c2ccc(C)cc2)cc1. The summed E-state index contributed by atoms with van der Waals surface area (Å²) in [6.07, 6.45) is 3.58. The summed E-state index contributed by atoms with van der Waals surface area (Å²) in [5, 5.41) is 9.33. The molecule has 0 aliphatic heterocycles. The lowest BCUT2D eigenvalue weighted by Gasteiger charge is -2.04. The van der Waals surface area contributed by atoms with Crippen LogP contribution in [-0.2, 0) is 0 Å². The van der Waals surface area contributed by atoms with E-state index >= 15 is 0 Å². The second-order valence-electron chi connectivity index (χ2n) is 4.70. The van der Waals surface area contributed by atoms with Gasteiger partial charge in [0.05, 0.1) is 11.6 Å². The van der Waals surface area contributed by atoms with Gasteiger partial charge in [-0.2, -0.15) is 5.26 Å². The van der Waals surface area contributed by atoms with Gasteiger partial charge in [-0.15, -0.1) is 0 Å². The molecule has 0 saturated carbocycles. The van der Waals surface area contributed by atoms with Crippen LogP contribution >= 0.6 is 0 Å². The summed E-state index contributed by atoms with van der Waals surface area (Å²) in [6, 6.07) is 17.8. The highest BCUT2D eigenvalue weighted by Gasteiger charge is 2.01. The van der Waals surface area contributed by atoms with Gasteiger partial charge in [0.15, 0.2) is 0 Å². The third-order valence-electron chi connectivity index (χ3n) is 3.04. The van der Waals surface area contributed by atoms with E-state index in [-0.39, 0.29) is 0 Å². The van der Waals surface area contributed by atoms with Crippen molar-refractivity contribution in [1.29, 1.82) is 5.26 Å². The van der Waals surface area contributed by atoms with Crippen molar-refractivity contribution in [2.24, 2.45) is 0 Å². The third-order valence-corrected chi connectivity index (χ3v) is 3.04. The quantitative estimate of drug-likeness (QED) is 0.453. The van der Waals surface area contributed by atoms with E-state index in [4.69, 9.17) is 4.74 Å². The van der Waals surface area contributed by atoms with Crippen molar-refractivity contribution in [3.8, 4) is 11.8 Å². The average Bonchev–Trinajstić information content (AvgIpc) is 2.53. The Balaban J connectivity index is 2.22. The number of benzene rings is 2. The summed E-state index contributed by atoms with van der Waals surface area (Å²) in [5.41, 5.74) is 3.72. The van der Waals surface area contributed by atoms with E-state index in [1.165, 1.54) is 5.56 Å². The Labute approximate surface area is 125 Å². The molecule has 0 radical (unpaired) electrons. The molecule has 0 aliphatic rings. The molecule has 0 heterocycles. The van der Waals surface area contributed by atoms with Gasteiger partial charge >= 0.3 is 0 Å². The minimum atomic E-state index is 0.488. The maximum absolute atomic E-state index is 9.33. The van der Waals surface area contributed by atoms with Crippen molar-refractivity contribution < 1.29 is 4.74 Å². The lowest BCUT2D eigenvalue weighted by molar-refractivity contribution is 0.363. The fourth-order valence-corrected chi connectivity index (χ4v) is 1.90. The minimum absolute atomic E-state index is 0.488. The second-order valence-corrected chi connectivity index (χ2v) is 4.70. The lowest BCUT2D eigenvalue weighted by atomic mass is 10.0. The molecule has 2 aromatic rings. The van der Waals surface area contributed by atoms with Crippen molar-refractivity contribution in [2.45, 2.75) is 6.92 Å². The predicted octanol–water partition coefficient (Wildman–Crippen LogP) is 4.62. The van der Waals surface area contributed by atoms with E-state index in [0.717, 1.165) is 16.9 Å². The summed E-state index contributed by atoms with van der Waals surface area (Å²) >= 11 is 0. The Morgan fingerprint density at radius 2 is 1.81 bits per heavy atom. The van der Waals surface area contributed by atoms with Crippen LogP contribution in [0.3, 0.4) is 0 Å². The zero-order valence-corrected chi connectivity index (χ0v) is 12.0. The first-order chi connectivity index (χ1) is 10.2. The Bertz CT molecular complexity index is 673. The van der Waals surface area contributed by atoms with Crippen LogP contribution in [0.25, 0.3) is 11.6 Å². The molecule has 0 unspecified atom stereocenters. The van der Waals surface area contributed by atoms with Crippen molar-refractivity contribution in [3.63, 3.8) is 0 Å². The highest BCUT2D eigenvalue weighted by molar-refractivity contribution is 5.89. The molecule has 104 valence electrons. The zero-order chi connectivity index (χ0) is 15.1. The maximum atomic E-state index is 9.33. The molecule has 21 heavy (non-hydrogen) atoms. The van der Waals surface area contributed by atoms with Crippen molar-refractivity contribution in [3.05, 3.63) is 77.9 Å². The fraction of sp³-hybridized carbons (Fsp3) is 0.105. The fourth-order valence-electron chi connectivity index (χ4n) is 1.90. The number of aryl methyl sites for hydroxylation is 1. The standard InChI is InChI=1S/C19H17NO/c1-3-12-21-19-10-6-16(7-11-19)13-18(14-20)17-8-4-15(2)5-9-17/h3-11,13H,1,12H2,2H3/b18-13-. The highest BCUT2D eigenvalue weighted by atomic mass is 16.5. The van der Waals surface area contributed by atoms with Gasteiger partial charge in [-0.25, -0.2) is 0 Å². The van der Waals surface area contributed by atoms with E-state index in [0.29, 0.717) is 12.2 Å². The monoisotopic (exact) mass is 275 g/mol. The van der Waals surface area contributed by atoms with Crippen molar-refractivity contribution in [1.82, 2.24) is 0 Å². The first-order valence-corrected chi connectivity index (χ1v) is 6.75. The van der Waals surface area contributed by atoms with Gasteiger partial charge in [-0.05, 0) is 36.3 Å². The van der Waals surface area contributed by atoms with Crippen LogP contribution in [0.4, 0.5) is 0 Å². The summed E-state index contributed by atoms with van der Waals surface area (Å²) < 4.78 is 5.44. The van der Waals surface area contributed by atoms with Crippen LogP contribution < -0.4 is 4.74 Å². The molecule has 0 saturated heterocycles. The van der Waals surface area contributed by atoms with Gasteiger partial charge in [0, 0.05) is 0 Å². The Morgan fingerprint density at radius 3 is 2.38 bits per heavy atom. The number of rotatable bonds is 5. The van der Waals surface area contributed by atoms with E-state index in [1.807, 2.05) is 61.5 Å². The summed E-state index contributed by atoms with van der Waals surface area (Å²) in [4.78, 5) is 0. The van der Waals surface area contributed by atoms with Gasteiger partial charge in [0.2, 0.25) is 0 Å². The van der Waals surface area contributed by atoms with Crippen LogP contribution in [0, 0.1) is 18.3 Å². The number of ether oxygens (including phenoxy) is 1. The molecule has 2 rings (SSSR count). The molecule has 0 spiro atoms. The van der Waals surface area contributed by atoms with Crippen LogP contribution in [0.1, 0.15) is 16.7 Å². The number of hydrogen-bond acceptors (Lipinski definition) is 2. The number of nitriles is 1. The molecule has 0 N–H and O–H groups in total. The number of allylic oxidation sites excluding steroid dienone is 1. The molecule has 0 atom stereocenters. The maximum Gasteiger partial charge on any atom is 0.119 e. The van der Waals surface area contributed by atoms with Gasteiger partial charge in [-0.3, -0.25) is 0 Å². The molecule has 0 bridgehead atoms. The Kier molecular flexibility index (Phi) is 4.95. The average molecular weight is 275 g/mol. The lowest BCUT2D eigenvalue weighted by Crippen LogP contribution is -1.92. The number of nitrogens with zero attached hydrogens (tertiary/aromatic N) is 1. The summed E-state index contributed by atoms with van der Waals surface area (Å²) in [7, 11) is 0. The largest absolute Gasteiger partial charge is 0.490 e. The Morgan fingerprint density at radius 1 is 1.14 bits per heavy atom. The molecular weight excluding hydrogens is 258 g/mol. The van der Waals surface area contributed by atoms with Gasteiger partial charge in [0.1, 0.15) is 12.4 Å². The number of hydrogen-bond donors (Lipinski definition) is 0. The first kappa shape index (κ1) is 14.6. The van der Waals surface area contributed by atoms with Gasteiger partial charge in [0.25, 0.3) is 0 Å². The zero-order valence-electron chi connectivity index (χ0n) is 12.0. The highest BCUT2D eigenvalue weighted by Crippen LogP contribution is 2.20. The molecule has 2 nitrogen and oxygen atoms in total. The van der Waals surface area contributed by atoms with Crippen LogP contribution in [0.15, 0.2) is 61.2 Å².